The molecular weight excluding hydrogens is 265 g/mol. The van der Waals surface area contributed by atoms with Crippen LogP contribution in [0.1, 0.15) is 36.2 Å². The Morgan fingerprint density at radius 3 is 2.84 bits per heavy atom. The zero-order valence-electron chi connectivity index (χ0n) is 11.3. The van der Waals surface area contributed by atoms with Crippen molar-refractivity contribution in [2.24, 2.45) is 0 Å². The number of hydrogen-bond acceptors (Lipinski definition) is 3. The van der Waals surface area contributed by atoms with Crippen LogP contribution in [0, 0.1) is 5.82 Å². The predicted molar refractivity (Wildman–Crippen MR) is 77.3 cm³/mol. The lowest BCUT2D eigenvalue weighted by molar-refractivity contribution is 0.0692. The minimum absolute atomic E-state index is 0.281. The second-order valence-electron chi connectivity index (χ2n) is 4.39. The molecule has 0 aliphatic carbocycles. The van der Waals surface area contributed by atoms with Gasteiger partial charge in [-0.3, -0.25) is 0 Å². The van der Waals surface area contributed by atoms with Crippen molar-refractivity contribution in [1.82, 2.24) is 5.32 Å². The van der Waals surface area contributed by atoms with Crippen molar-refractivity contribution in [1.29, 1.82) is 0 Å². The van der Waals surface area contributed by atoms with Crippen molar-refractivity contribution in [2.45, 2.75) is 32.9 Å². The van der Waals surface area contributed by atoms with E-state index in [1.807, 2.05) is 11.8 Å². The fraction of sp³-hybridized carbons (Fsp3) is 0.500. The number of thioether (sulfide) groups is 1. The van der Waals surface area contributed by atoms with Crippen molar-refractivity contribution < 1.29 is 14.3 Å². The van der Waals surface area contributed by atoms with Gasteiger partial charge >= 0.3 is 5.97 Å². The molecule has 0 fully saturated rings. The lowest BCUT2D eigenvalue weighted by atomic mass is 10.1. The van der Waals surface area contributed by atoms with Gasteiger partial charge in [0, 0.05) is 12.6 Å². The fourth-order valence-electron chi connectivity index (χ4n) is 1.64. The Kier molecular flexibility index (Phi) is 6.87. The molecule has 0 heterocycles. The summed E-state index contributed by atoms with van der Waals surface area (Å²) in [6.07, 6.45) is 1.06. The van der Waals surface area contributed by atoms with E-state index in [2.05, 4.69) is 19.2 Å². The number of carboxylic acid groups (broad SMARTS) is 1. The number of carboxylic acids is 1. The minimum atomic E-state index is -1.23. The molecule has 19 heavy (non-hydrogen) atoms. The topological polar surface area (TPSA) is 49.3 Å². The van der Waals surface area contributed by atoms with Crippen LogP contribution < -0.4 is 5.32 Å². The van der Waals surface area contributed by atoms with Gasteiger partial charge in [0.1, 0.15) is 5.82 Å². The Hall–Kier alpha value is -1.07. The zero-order valence-corrected chi connectivity index (χ0v) is 12.1. The summed E-state index contributed by atoms with van der Waals surface area (Å²) in [5, 5.41) is 12.0. The maximum atomic E-state index is 13.5. The maximum Gasteiger partial charge on any atom is 0.338 e. The summed E-state index contributed by atoms with van der Waals surface area (Å²) in [4.78, 5) is 10.7. The Morgan fingerprint density at radius 2 is 2.26 bits per heavy atom. The van der Waals surface area contributed by atoms with Crippen LogP contribution in [0.2, 0.25) is 0 Å². The molecule has 0 amide bonds. The Labute approximate surface area is 117 Å². The largest absolute Gasteiger partial charge is 0.478 e. The standard InChI is InChI=1S/C14H20FNO2S/c1-3-19-7-6-10(2)16-9-11-4-5-12(14(17)18)13(15)8-11/h4-5,8,10,16H,3,6-7,9H2,1-2H3,(H,17,18). The highest BCUT2D eigenvalue weighted by Crippen LogP contribution is 2.11. The van der Waals surface area contributed by atoms with Crippen LogP contribution in [-0.2, 0) is 6.54 Å². The van der Waals surface area contributed by atoms with E-state index in [9.17, 15) is 9.18 Å². The van der Waals surface area contributed by atoms with Gasteiger partial charge in [-0.05, 0) is 42.5 Å². The summed E-state index contributed by atoms with van der Waals surface area (Å²) in [5.41, 5.74) is 0.480. The average molecular weight is 285 g/mol. The molecule has 106 valence electrons. The van der Waals surface area contributed by atoms with Crippen LogP contribution in [0.25, 0.3) is 0 Å². The molecule has 1 aromatic carbocycles. The highest BCUT2D eigenvalue weighted by Gasteiger charge is 2.10. The van der Waals surface area contributed by atoms with Gasteiger partial charge < -0.3 is 10.4 Å². The third-order valence-corrected chi connectivity index (χ3v) is 3.75. The van der Waals surface area contributed by atoms with E-state index in [0.29, 0.717) is 12.6 Å². The molecule has 0 bridgehead atoms. The molecule has 1 aromatic rings. The predicted octanol–water partition coefficient (Wildman–Crippen LogP) is 3.15. The molecule has 0 saturated carbocycles. The number of rotatable bonds is 8. The lowest BCUT2D eigenvalue weighted by Gasteiger charge is -2.13. The first-order valence-electron chi connectivity index (χ1n) is 6.37. The van der Waals surface area contributed by atoms with E-state index in [-0.39, 0.29) is 5.56 Å². The van der Waals surface area contributed by atoms with Crippen LogP contribution in [0.15, 0.2) is 18.2 Å². The fourth-order valence-corrected chi connectivity index (χ4v) is 2.45. The number of hydrogen-bond donors (Lipinski definition) is 2. The summed E-state index contributed by atoms with van der Waals surface area (Å²) in [7, 11) is 0. The number of nitrogens with one attached hydrogen (secondary N) is 1. The maximum absolute atomic E-state index is 13.5. The van der Waals surface area contributed by atoms with E-state index in [1.165, 1.54) is 12.1 Å². The molecule has 1 atom stereocenters. The van der Waals surface area contributed by atoms with Crippen molar-refractivity contribution in [3.63, 3.8) is 0 Å². The lowest BCUT2D eigenvalue weighted by Crippen LogP contribution is -2.26. The van der Waals surface area contributed by atoms with Crippen LogP contribution in [0.4, 0.5) is 4.39 Å². The Balaban J connectivity index is 2.45. The molecule has 0 radical (unpaired) electrons. The minimum Gasteiger partial charge on any atom is -0.478 e. The van der Waals surface area contributed by atoms with E-state index < -0.39 is 11.8 Å². The van der Waals surface area contributed by atoms with Crippen molar-refractivity contribution in [3.05, 3.63) is 35.1 Å². The summed E-state index contributed by atoms with van der Waals surface area (Å²) < 4.78 is 13.5. The molecule has 3 nitrogen and oxygen atoms in total. The molecular formula is C14H20FNO2S. The summed E-state index contributed by atoms with van der Waals surface area (Å²) in [5.74, 6) is 0.314. The monoisotopic (exact) mass is 285 g/mol. The van der Waals surface area contributed by atoms with Crippen LogP contribution in [-0.4, -0.2) is 28.6 Å². The molecule has 0 aliphatic heterocycles. The highest BCUT2D eigenvalue weighted by molar-refractivity contribution is 7.99. The SMILES string of the molecule is CCSCCC(C)NCc1ccc(C(=O)O)c(F)c1. The molecule has 0 aromatic heterocycles. The number of benzene rings is 1. The molecule has 0 saturated heterocycles. The first-order chi connectivity index (χ1) is 9.04. The Morgan fingerprint density at radius 1 is 1.53 bits per heavy atom. The average Bonchev–Trinajstić information content (AvgIpc) is 2.36. The summed E-state index contributed by atoms with van der Waals surface area (Å²) >= 11 is 1.90. The zero-order chi connectivity index (χ0) is 14.3. The molecule has 2 N–H and O–H groups in total. The van der Waals surface area contributed by atoms with E-state index in [1.54, 1.807) is 6.07 Å². The third kappa shape index (κ3) is 5.61. The summed E-state index contributed by atoms with van der Waals surface area (Å²) in [6.45, 7) is 4.78. The quantitative estimate of drug-likeness (QED) is 0.720. The normalized spacial score (nSPS) is 12.4. The van der Waals surface area contributed by atoms with Crippen LogP contribution in [0.5, 0.6) is 0 Å². The Bertz CT molecular complexity index is 426. The first-order valence-corrected chi connectivity index (χ1v) is 7.53. The van der Waals surface area contributed by atoms with Gasteiger partial charge in [0.15, 0.2) is 0 Å². The highest BCUT2D eigenvalue weighted by atomic mass is 32.2. The van der Waals surface area contributed by atoms with Gasteiger partial charge in [-0.1, -0.05) is 13.0 Å². The van der Waals surface area contributed by atoms with Gasteiger partial charge in [-0.2, -0.15) is 11.8 Å². The van der Waals surface area contributed by atoms with Crippen molar-refractivity contribution >= 4 is 17.7 Å². The van der Waals surface area contributed by atoms with Crippen LogP contribution >= 0.6 is 11.8 Å². The smallest absolute Gasteiger partial charge is 0.338 e. The van der Waals surface area contributed by atoms with Gasteiger partial charge in [-0.25, -0.2) is 9.18 Å². The van der Waals surface area contributed by atoms with Gasteiger partial charge in [-0.15, -0.1) is 0 Å². The summed E-state index contributed by atoms with van der Waals surface area (Å²) in [6, 6.07) is 4.60. The van der Waals surface area contributed by atoms with E-state index in [0.717, 1.165) is 23.5 Å². The third-order valence-electron chi connectivity index (χ3n) is 2.82. The van der Waals surface area contributed by atoms with E-state index >= 15 is 0 Å². The number of aromatic carboxylic acids is 1. The molecule has 0 spiro atoms. The van der Waals surface area contributed by atoms with E-state index in [4.69, 9.17) is 5.11 Å². The van der Waals surface area contributed by atoms with Gasteiger partial charge in [0.2, 0.25) is 0 Å². The number of carbonyl (C=O) groups is 1. The molecule has 5 heteroatoms. The first kappa shape index (κ1) is 16.0. The van der Waals surface area contributed by atoms with Gasteiger partial charge in [0.25, 0.3) is 0 Å². The molecule has 1 rings (SSSR count). The second kappa shape index (κ2) is 8.17. The molecule has 1 unspecified atom stereocenters. The van der Waals surface area contributed by atoms with Gasteiger partial charge in [0.05, 0.1) is 5.56 Å². The van der Waals surface area contributed by atoms with Crippen LogP contribution in [0.3, 0.4) is 0 Å². The number of halogens is 1. The molecule has 0 aliphatic rings. The van der Waals surface area contributed by atoms with Crippen molar-refractivity contribution in [3.8, 4) is 0 Å². The second-order valence-corrected chi connectivity index (χ2v) is 5.78. The van der Waals surface area contributed by atoms with Crippen molar-refractivity contribution in [2.75, 3.05) is 11.5 Å².